The highest BCUT2D eigenvalue weighted by molar-refractivity contribution is 5.74. The van der Waals surface area contributed by atoms with Crippen LogP contribution in [0.4, 0.5) is 17.3 Å². The van der Waals surface area contributed by atoms with E-state index in [1.54, 1.807) is 12.3 Å². The van der Waals surface area contributed by atoms with Crippen molar-refractivity contribution in [2.24, 2.45) is 0 Å². The molecular weight excluding hydrogens is 316 g/mol. The molecule has 7 nitrogen and oxygen atoms in total. The molecule has 4 rings (SSSR count). The summed E-state index contributed by atoms with van der Waals surface area (Å²) in [4.78, 5) is 27.5. The summed E-state index contributed by atoms with van der Waals surface area (Å²) in [6.45, 7) is 4.26. The number of benzene rings is 1. The van der Waals surface area contributed by atoms with Crippen LogP contribution in [-0.2, 0) is 0 Å². The third kappa shape index (κ3) is 3.46. The molecule has 2 N–H and O–H groups in total. The Morgan fingerprint density at radius 3 is 2.56 bits per heavy atom. The van der Waals surface area contributed by atoms with Gasteiger partial charge in [-0.15, -0.1) is 0 Å². The lowest BCUT2D eigenvalue weighted by Crippen LogP contribution is -2.44. The molecule has 0 amide bonds. The first kappa shape index (κ1) is 15.6. The Hall–Kier alpha value is -2.93. The number of aromatic amines is 1. The average Bonchev–Trinajstić information content (AvgIpc) is 2.63. The molecule has 3 heterocycles. The number of hydrogen-bond acceptors (Lipinski definition) is 6. The Balaban J connectivity index is 1.50. The summed E-state index contributed by atoms with van der Waals surface area (Å²) < 4.78 is 0. The van der Waals surface area contributed by atoms with Gasteiger partial charge in [-0.05, 0) is 37.4 Å². The molecule has 1 aromatic carbocycles. The van der Waals surface area contributed by atoms with Crippen LogP contribution in [-0.4, -0.2) is 53.1 Å². The topological polar surface area (TPSA) is 77.1 Å². The number of rotatable bonds is 3. The van der Waals surface area contributed by atoms with Crippen LogP contribution in [0, 0.1) is 0 Å². The molecular formula is C18H20N6O. The Morgan fingerprint density at radius 1 is 1.04 bits per heavy atom. The number of anilines is 3. The van der Waals surface area contributed by atoms with Crippen molar-refractivity contribution in [1.29, 1.82) is 0 Å². The first-order valence-corrected chi connectivity index (χ1v) is 8.34. The molecule has 0 radical (unpaired) electrons. The summed E-state index contributed by atoms with van der Waals surface area (Å²) in [5.74, 6) is 0.460. The molecule has 2 aromatic heterocycles. The van der Waals surface area contributed by atoms with Crippen molar-refractivity contribution in [2.45, 2.75) is 0 Å². The molecule has 0 spiro atoms. The summed E-state index contributed by atoms with van der Waals surface area (Å²) in [5.41, 5.74) is 2.49. The Morgan fingerprint density at radius 2 is 1.80 bits per heavy atom. The first-order chi connectivity index (χ1) is 12.2. The number of pyridine rings is 1. The van der Waals surface area contributed by atoms with Crippen molar-refractivity contribution in [3.05, 3.63) is 52.9 Å². The van der Waals surface area contributed by atoms with E-state index in [-0.39, 0.29) is 5.56 Å². The van der Waals surface area contributed by atoms with E-state index in [4.69, 9.17) is 0 Å². The van der Waals surface area contributed by atoms with Gasteiger partial charge in [-0.2, -0.15) is 4.98 Å². The maximum atomic E-state index is 11.4. The van der Waals surface area contributed by atoms with Crippen LogP contribution in [0.1, 0.15) is 0 Å². The summed E-state index contributed by atoms with van der Waals surface area (Å²) in [7, 11) is 2.15. The van der Waals surface area contributed by atoms with Crippen LogP contribution in [0.2, 0.25) is 0 Å². The maximum absolute atomic E-state index is 11.4. The van der Waals surface area contributed by atoms with Gasteiger partial charge in [-0.25, -0.2) is 4.98 Å². The van der Waals surface area contributed by atoms with Gasteiger partial charge >= 0.3 is 0 Å². The van der Waals surface area contributed by atoms with E-state index in [0.717, 1.165) is 37.3 Å². The van der Waals surface area contributed by atoms with E-state index in [9.17, 15) is 4.79 Å². The largest absolute Gasteiger partial charge is 0.369 e. The summed E-state index contributed by atoms with van der Waals surface area (Å²) in [6, 6.07) is 11.4. The maximum Gasteiger partial charge on any atom is 0.249 e. The molecule has 0 saturated carbocycles. The highest BCUT2D eigenvalue weighted by Crippen LogP contribution is 2.21. The fraction of sp³-hybridized carbons (Fsp3) is 0.278. The zero-order valence-electron chi connectivity index (χ0n) is 14.1. The van der Waals surface area contributed by atoms with Crippen molar-refractivity contribution < 1.29 is 0 Å². The predicted molar refractivity (Wildman–Crippen MR) is 99.6 cm³/mol. The Labute approximate surface area is 145 Å². The fourth-order valence-corrected chi connectivity index (χ4v) is 2.95. The van der Waals surface area contributed by atoms with Gasteiger partial charge in [0, 0.05) is 55.2 Å². The SMILES string of the molecule is CN1CCN(c2ccc(Nc3ncc4ccc(=O)[nH]c4n3)cc2)CC1. The van der Waals surface area contributed by atoms with Crippen molar-refractivity contribution in [3.8, 4) is 0 Å². The molecule has 7 heteroatoms. The lowest BCUT2D eigenvalue weighted by Gasteiger charge is -2.34. The third-order valence-corrected chi connectivity index (χ3v) is 4.46. The van der Waals surface area contributed by atoms with E-state index in [1.165, 1.54) is 11.8 Å². The summed E-state index contributed by atoms with van der Waals surface area (Å²) >= 11 is 0. The monoisotopic (exact) mass is 336 g/mol. The van der Waals surface area contributed by atoms with E-state index in [0.29, 0.717) is 11.6 Å². The van der Waals surface area contributed by atoms with Crippen molar-refractivity contribution in [1.82, 2.24) is 19.9 Å². The molecule has 128 valence electrons. The standard InChI is InChI=1S/C18H20N6O/c1-23-8-10-24(11-9-23)15-5-3-14(4-6-15)20-18-19-12-13-2-7-16(25)21-17(13)22-18/h2-7,12H,8-11H2,1H3,(H2,19,20,21,22,25). The number of nitrogens with one attached hydrogen (secondary N) is 2. The molecule has 1 aliphatic rings. The van der Waals surface area contributed by atoms with Gasteiger partial charge in [-0.1, -0.05) is 0 Å². The van der Waals surface area contributed by atoms with E-state index in [1.807, 2.05) is 12.1 Å². The van der Waals surface area contributed by atoms with Gasteiger partial charge < -0.3 is 20.1 Å². The van der Waals surface area contributed by atoms with Gasteiger partial charge in [0.1, 0.15) is 5.65 Å². The Kier molecular flexibility index (Phi) is 4.07. The molecule has 0 atom stereocenters. The predicted octanol–water partition coefficient (Wildman–Crippen LogP) is 1.81. The molecule has 1 saturated heterocycles. The highest BCUT2D eigenvalue weighted by atomic mass is 16.1. The molecule has 0 bridgehead atoms. The van der Waals surface area contributed by atoms with Crippen LogP contribution in [0.15, 0.2) is 47.4 Å². The van der Waals surface area contributed by atoms with Gasteiger partial charge in [0.25, 0.3) is 0 Å². The summed E-state index contributed by atoms with van der Waals surface area (Å²) in [5, 5.41) is 3.98. The van der Waals surface area contributed by atoms with Crippen LogP contribution in [0.5, 0.6) is 0 Å². The number of nitrogens with zero attached hydrogens (tertiary/aromatic N) is 4. The zero-order chi connectivity index (χ0) is 17.2. The van der Waals surface area contributed by atoms with Crippen LogP contribution >= 0.6 is 0 Å². The number of fused-ring (bicyclic) bond motifs is 1. The molecule has 1 fully saturated rings. The fourth-order valence-electron chi connectivity index (χ4n) is 2.95. The van der Waals surface area contributed by atoms with Gasteiger partial charge in [0.15, 0.2) is 0 Å². The highest BCUT2D eigenvalue weighted by Gasteiger charge is 2.14. The van der Waals surface area contributed by atoms with Crippen LogP contribution < -0.4 is 15.8 Å². The number of H-pyrrole nitrogens is 1. The van der Waals surface area contributed by atoms with Crippen molar-refractivity contribution in [2.75, 3.05) is 43.4 Å². The van der Waals surface area contributed by atoms with Gasteiger partial charge in [0.05, 0.1) is 0 Å². The minimum Gasteiger partial charge on any atom is -0.369 e. The Bertz CT molecular complexity index is 928. The third-order valence-electron chi connectivity index (χ3n) is 4.46. The second-order valence-electron chi connectivity index (χ2n) is 6.28. The number of hydrogen-bond donors (Lipinski definition) is 2. The number of likely N-dealkylation sites (N-methyl/N-ethyl adjacent to an activating group) is 1. The first-order valence-electron chi connectivity index (χ1n) is 8.34. The molecule has 0 unspecified atom stereocenters. The van der Waals surface area contributed by atoms with Crippen molar-refractivity contribution in [3.63, 3.8) is 0 Å². The summed E-state index contributed by atoms with van der Waals surface area (Å²) in [6.07, 6.45) is 1.69. The van der Waals surface area contributed by atoms with Gasteiger partial charge in [-0.3, -0.25) is 4.79 Å². The smallest absolute Gasteiger partial charge is 0.249 e. The van der Waals surface area contributed by atoms with Crippen LogP contribution in [0.25, 0.3) is 11.0 Å². The van der Waals surface area contributed by atoms with E-state index >= 15 is 0 Å². The number of piperazine rings is 1. The quantitative estimate of drug-likeness (QED) is 0.760. The van der Waals surface area contributed by atoms with Crippen molar-refractivity contribution >= 4 is 28.4 Å². The lowest BCUT2D eigenvalue weighted by molar-refractivity contribution is 0.313. The molecule has 1 aliphatic heterocycles. The van der Waals surface area contributed by atoms with Gasteiger partial charge in [0.2, 0.25) is 11.5 Å². The zero-order valence-corrected chi connectivity index (χ0v) is 14.1. The van der Waals surface area contributed by atoms with E-state index < -0.39 is 0 Å². The normalized spacial score (nSPS) is 15.5. The second kappa shape index (κ2) is 6.52. The van der Waals surface area contributed by atoms with E-state index in [2.05, 4.69) is 49.2 Å². The lowest BCUT2D eigenvalue weighted by atomic mass is 10.2. The van der Waals surface area contributed by atoms with Crippen LogP contribution in [0.3, 0.4) is 0 Å². The molecule has 0 aliphatic carbocycles. The average molecular weight is 336 g/mol. The molecule has 3 aromatic rings. The molecule has 25 heavy (non-hydrogen) atoms. The number of aromatic nitrogens is 3. The minimum absolute atomic E-state index is 0.173. The second-order valence-corrected chi connectivity index (χ2v) is 6.28. The minimum atomic E-state index is -0.173.